The molecule has 0 spiro atoms. The summed E-state index contributed by atoms with van der Waals surface area (Å²) in [6.45, 7) is 4.22. The third kappa shape index (κ3) is 6.77. The number of hydrazine groups is 1. The quantitative estimate of drug-likeness (QED) is 0.457. The summed E-state index contributed by atoms with van der Waals surface area (Å²) in [5.74, 6) is 0. The fourth-order valence-electron chi connectivity index (χ4n) is 1.86. The van der Waals surface area contributed by atoms with Gasteiger partial charge in [0.25, 0.3) is 0 Å². The number of amides is 2. The van der Waals surface area contributed by atoms with Crippen molar-refractivity contribution >= 4 is 11.7 Å². The van der Waals surface area contributed by atoms with Crippen molar-refractivity contribution in [2.75, 3.05) is 18.6 Å². The van der Waals surface area contributed by atoms with Crippen LogP contribution < -0.4 is 16.2 Å². The van der Waals surface area contributed by atoms with Gasteiger partial charge in [-0.2, -0.15) is 13.2 Å². The third-order valence-corrected chi connectivity index (χ3v) is 3.29. The summed E-state index contributed by atoms with van der Waals surface area (Å²) in [7, 11) is 0. The molecule has 23 heavy (non-hydrogen) atoms. The number of aliphatic hydroxyl groups excluding tert-OH is 1. The number of rotatable bonds is 7. The molecule has 0 aliphatic carbocycles. The van der Waals surface area contributed by atoms with E-state index in [2.05, 4.69) is 16.2 Å². The lowest BCUT2D eigenvalue weighted by atomic mass is 9.89. The van der Waals surface area contributed by atoms with Crippen molar-refractivity contribution in [2.45, 2.75) is 32.9 Å². The maximum absolute atomic E-state index is 12.8. The van der Waals surface area contributed by atoms with Crippen molar-refractivity contribution in [3.63, 3.8) is 0 Å². The molecule has 0 saturated carbocycles. The van der Waals surface area contributed by atoms with Crippen molar-refractivity contribution in [1.29, 1.82) is 0 Å². The first kappa shape index (κ1) is 19.1. The van der Waals surface area contributed by atoms with Gasteiger partial charge in [0.15, 0.2) is 0 Å². The molecule has 0 bridgehead atoms. The van der Waals surface area contributed by atoms with E-state index in [9.17, 15) is 18.0 Å². The van der Waals surface area contributed by atoms with Crippen molar-refractivity contribution in [1.82, 2.24) is 10.7 Å². The minimum atomic E-state index is -4.50. The van der Waals surface area contributed by atoms with Crippen LogP contribution in [-0.2, 0) is 6.18 Å². The highest BCUT2D eigenvalue weighted by molar-refractivity contribution is 5.75. The van der Waals surface area contributed by atoms with Crippen LogP contribution in [0.3, 0.4) is 0 Å². The predicted octanol–water partition coefficient (Wildman–Crippen LogP) is 3.13. The Balaban J connectivity index is 2.40. The molecular weight excluding hydrogens is 311 g/mol. The zero-order chi connectivity index (χ0) is 17.5. The van der Waals surface area contributed by atoms with Gasteiger partial charge in [0.1, 0.15) is 0 Å². The van der Waals surface area contributed by atoms with E-state index in [1.807, 2.05) is 13.8 Å². The molecule has 2 amide bonds. The highest BCUT2D eigenvalue weighted by Gasteiger charge is 2.33. The first-order chi connectivity index (χ1) is 10.7. The van der Waals surface area contributed by atoms with Crippen LogP contribution in [0.5, 0.6) is 0 Å². The molecule has 0 aromatic heterocycles. The number of carbonyl (C=O) groups excluding carboxylic acids is 1. The Morgan fingerprint density at radius 3 is 2.48 bits per heavy atom. The molecule has 0 aliphatic heterocycles. The van der Waals surface area contributed by atoms with Crippen molar-refractivity contribution in [3.8, 4) is 0 Å². The lowest BCUT2D eigenvalue weighted by molar-refractivity contribution is -0.137. The average Bonchev–Trinajstić information content (AvgIpc) is 2.49. The standard InChI is InChI=1S/C15H22F3N3O2/c1-14(2,10-22)8-5-9-19-13(23)21-20-12-7-4-3-6-11(12)15(16,17)18/h3-4,6-7,20,22H,5,8-10H2,1-2H3,(H2,19,21,23). The third-order valence-electron chi connectivity index (χ3n) is 3.29. The normalized spacial score (nSPS) is 11.9. The van der Waals surface area contributed by atoms with Gasteiger partial charge in [-0.25, -0.2) is 4.79 Å². The van der Waals surface area contributed by atoms with Crippen LogP contribution in [0.4, 0.5) is 23.7 Å². The van der Waals surface area contributed by atoms with Crippen LogP contribution >= 0.6 is 0 Å². The zero-order valence-corrected chi connectivity index (χ0v) is 13.1. The van der Waals surface area contributed by atoms with Crippen molar-refractivity contribution in [3.05, 3.63) is 29.8 Å². The van der Waals surface area contributed by atoms with E-state index in [0.29, 0.717) is 19.4 Å². The molecule has 1 rings (SSSR count). The average molecular weight is 333 g/mol. The maximum Gasteiger partial charge on any atom is 0.418 e. The van der Waals surface area contributed by atoms with E-state index >= 15 is 0 Å². The van der Waals surface area contributed by atoms with Crippen LogP contribution in [0.25, 0.3) is 0 Å². The molecule has 1 aromatic carbocycles. The number of halogens is 3. The largest absolute Gasteiger partial charge is 0.418 e. The Kier molecular flexibility index (Phi) is 6.68. The van der Waals surface area contributed by atoms with Crippen LogP contribution in [0.2, 0.25) is 0 Å². The molecule has 1 aromatic rings. The fraction of sp³-hybridized carbons (Fsp3) is 0.533. The van der Waals surface area contributed by atoms with Crippen LogP contribution in [0.1, 0.15) is 32.3 Å². The van der Waals surface area contributed by atoms with Crippen LogP contribution in [0, 0.1) is 5.41 Å². The zero-order valence-electron chi connectivity index (χ0n) is 13.1. The number of para-hydroxylation sites is 1. The second kappa shape index (κ2) is 8.05. The Morgan fingerprint density at radius 2 is 1.87 bits per heavy atom. The summed E-state index contributed by atoms with van der Waals surface area (Å²) in [5, 5.41) is 11.6. The Morgan fingerprint density at radius 1 is 1.22 bits per heavy atom. The van der Waals surface area contributed by atoms with Gasteiger partial charge in [-0.15, -0.1) is 0 Å². The first-order valence-corrected chi connectivity index (χ1v) is 7.23. The molecule has 0 heterocycles. The van der Waals surface area contributed by atoms with E-state index in [0.717, 1.165) is 6.07 Å². The van der Waals surface area contributed by atoms with Gasteiger partial charge < -0.3 is 10.4 Å². The van der Waals surface area contributed by atoms with Crippen molar-refractivity contribution < 1.29 is 23.1 Å². The van der Waals surface area contributed by atoms with E-state index in [1.54, 1.807) is 0 Å². The summed E-state index contributed by atoms with van der Waals surface area (Å²) in [4.78, 5) is 11.6. The minimum Gasteiger partial charge on any atom is -0.396 e. The molecule has 4 N–H and O–H groups in total. The Hall–Kier alpha value is -1.96. The van der Waals surface area contributed by atoms with Gasteiger partial charge >= 0.3 is 12.2 Å². The summed E-state index contributed by atoms with van der Waals surface area (Å²) in [5.41, 5.74) is 3.14. The van der Waals surface area contributed by atoms with Gasteiger partial charge in [-0.1, -0.05) is 26.0 Å². The Bertz CT molecular complexity index is 519. The summed E-state index contributed by atoms with van der Waals surface area (Å²) in [6.07, 6.45) is -3.13. The second-order valence-electron chi connectivity index (χ2n) is 5.98. The molecule has 0 atom stereocenters. The summed E-state index contributed by atoms with van der Waals surface area (Å²) >= 11 is 0. The molecule has 0 saturated heterocycles. The van der Waals surface area contributed by atoms with Gasteiger partial charge in [-0.05, 0) is 30.4 Å². The SMILES string of the molecule is CC(C)(CO)CCCNC(=O)NNc1ccccc1C(F)(F)F. The van der Waals surface area contributed by atoms with E-state index in [1.165, 1.54) is 18.2 Å². The minimum absolute atomic E-state index is 0.0506. The van der Waals surface area contributed by atoms with Gasteiger partial charge in [0.05, 0.1) is 11.3 Å². The molecule has 0 unspecified atom stereocenters. The lowest BCUT2D eigenvalue weighted by Crippen LogP contribution is -2.40. The second-order valence-corrected chi connectivity index (χ2v) is 5.98. The Labute approximate surface area is 133 Å². The number of hydrogen-bond donors (Lipinski definition) is 4. The maximum atomic E-state index is 12.8. The molecular formula is C15H22F3N3O2. The topological polar surface area (TPSA) is 73.4 Å². The molecule has 5 nitrogen and oxygen atoms in total. The molecule has 0 fully saturated rings. The number of aliphatic hydroxyl groups is 1. The first-order valence-electron chi connectivity index (χ1n) is 7.23. The lowest BCUT2D eigenvalue weighted by Gasteiger charge is -2.21. The monoisotopic (exact) mass is 333 g/mol. The fourth-order valence-corrected chi connectivity index (χ4v) is 1.86. The summed E-state index contributed by atoms with van der Waals surface area (Å²) in [6, 6.07) is 4.25. The smallest absolute Gasteiger partial charge is 0.396 e. The van der Waals surface area contributed by atoms with Gasteiger partial charge in [0.2, 0.25) is 0 Å². The number of nitrogens with one attached hydrogen (secondary N) is 3. The van der Waals surface area contributed by atoms with E-state index in [-0.39, 0.29) is 17.7 Å². The molecule has 0 radical (unpaired) electrons. The number of hydrogen-bond acceptors (Lipinski definition) is 3. The summed E-state index contributed by atoms with van der Waals surface area (Å²) < 4.78 is 38.3. The van der Waals surface area contributed by atoms with E-state index < -0.39 is 17.8 Å². The number of urea groups is 1. The molecule has 0 aliphatic rings. The molecule has 8 heteroatoms. The number of anilines is 1. The van der Waals surface area contributed by atoms with Crippen molar-refractivity contribution in [2.24, 2.45) is 5.41 Å². The number of benzene rings is 1. The van der Waals surface area contributed by atoms with Crippen LogP contribution in [0.15, 0.2) is 24.3 Å². The van der Waals surface area contributed by atoms with Gasteiger partial charge in [0, 0.05) is 13.2 Å². The highest BCUT2D eigenvalue weighted by atomic mass is 19.4. The number of alkyl halides is 3. The number of carbonyl (C=O) groups is 1. The molecule has 130 valence electrons. The highest BCUT2D eigenvalue weighted by Crippen LogP contribution is 2.34. The predicted molar refractivity (Wildman–Crippen MR) is 81.7 cm³/mol. The van der Waals surface area contributed by atoms with Crippen LogP contribution in [-0.4, -0.2) is 24.3 Å². The van der Waals surface area contributed by atoms with E-state index in [4.69, 9.17) is 5.11 Å². The van der Waals surface area contributed by atoms with Gasteiger partial charge in [-0.3, -0.25) is 10.9 Å².